The minimum absolute atomic E-state index is 0.323. The molecule has 0 amide bonds. The van der Waals surface area contributed by atoms with E-state index in [4.69, 9.17) is 4.74 Å². The topological polar surface area (TPSA) is 45.7 Å². The fourth-order valence-electron chi connectivity index (χ4n) is 2.18. The van der Waals surface area contributed by atoms with Gasteiger partial charge < -0.3 is 14.5 Å². The lowest BCUT2D eigenvalue weighted by atomic mass is 10.2. The van der Waals surface area contributed by atoms with Gasteiger partial charge in [-0.15, -0.1) is 0 Å². The number of rotatable bonds is 2. The van der Waals surface area contributed by atoms with Crippen LogP contribution < -0.4 is 4.90 Å². The third kappa shape index (κ3) is 2.79. The summed E-state index contributed by atoms with van der Waals surface area (Å²) < 4.78 is 4.80. The number of methoxy groups -OCH3 is 1. The molecule has 5 heteroatoms. The predicted octanol–water partition coefficient (Wildman–Crippen LogP) is 1.01. The molecule has 1 fully saturated rings. The average Bonchev–Trinajstić information content (AvgIpc) is 2.62. The summed E-state index contributed by atoms with van der Waals surface area (Å²) in [4.78, 5) is 20.5. The number of anilines is 1. The summed E-state index contributed by atoms with van der Waals surface area (Å²) in [6, 6.07) is 3.53. The van der Waals surface area contributed by atoms with Crippen molar-refractivity contribution in [2.75, 3.05) is 45.2 Å². The van der Waals surface area contributed by atoms with Crippen LogP contribution in [0.3, 0.4) is 0 Å². The molecule has 1 aromatic rings. The Morgan fingerprint density at radius 2 is 2.17 bits per heavy atom. The minimum atomic E-state index is -0.323. The van der Waals surface area contributed by atoms with Crippen LogP contribution in [0.1, 0.15) is 16.8 Å². The highest BCUT2D eigenvalue weighted by Gasteiger charge is 2.20. The predicted molar refractivity (Wildman–Crippen MR) is 69.9 cm³/mol. The maximum atomic E-state index is 11.7. The van der Waals surface area contributed by atoms with Gasteiger partial charge in [0.15, 0.2) is 0 Å². The third-order valence-electron chi connectivity index (χ3n) is 3.21. The van der Waals surface area contributed by atoms with Crippen molar-refractivity contribution >= 4 is 11.8 Å². The Labute approximate surface area is 107 Å². The molecule has 1 saturated heterocycles. The first-order valence-corrected chi connectivity index (χ1v) is 6.19. The van der Waals surface area contributed by atoms with Gasteiger partial charge in [-0.3, -0.25) is 0 Å². The average molecular weight is 249 g/mol. The van der Waals surface area contributed by atoms with Crippen LogP contribution in [0.25, 0.3) is 0 Å². The lowest BCUT2D eigenvalue weighted by molar-refractivity contribution is 0.0601. The normalized spacial score (nSPS) is 17.3. The van der Waals surface area contributed by atoms with E-state index in [1.807, 2.05) is 0 Å². The molecule has 0 aromatic carbocycles. The zero-order valence-corrected chi connectivity index (χ0v) is 10.9. The van der Waals surface area contributed by atoms with E-state index in [0.717, 1.165) is 38.4 Å². The van der Waals surface area contributed by atoms with Gasteiger partial charge in [0.2, 0.25) is 0 Å². The van der Waals surface area contributed by atoms with Crippen molar-refractivity contribution in [3.05, 3.63) is 23.9 Å². The molecule has 0 spiro atoms. The number of hydrogen-bond donors (Lipinski definition) is 0. The number of carbonyl (C=O) groups excluding carboxylic acids is 1. The first-order chi connectivity index (χ1) is 8.72. The van der Waals surface area contributed by atoms with Gasteiger partial charge in [0.25, 0.3) is 0 Å². The molecule has 0 atom stereocenters. The highest BCUT2D eigenvalue weighted by molar-refractivity contribution is 5.94. The standard InChI is InChI=1S/C13H19N3O2/c1-15-7-4-8-16(10-9-15)12-11(13(17)18-2)5-3-6-14-12/h3,5-6H,4,7-10H2,1-2H3. The summed E-state index contributed by atoms with van der Waals surface area (Å²) in [7, 11) is 3.51. The highest BCUT2D eigenvalue weighted by Crippen LogP contribution is 2.19. The first-order valence-electron chi connectivity index (χ1n) is 6.19. The van der Waals surface area contributed by atoms with Gasteiger partial charge in [-0.25, -0.2) is 9.78 Å². The number of pyridine rings is 1. The molecular formula is C13H19N3O2. The van der Waals surface area contributed by atoms with Gasteiger partial charge in [-0.1, -0.05) is 0 Å². The van der Waals surface area contributed by atoms with Crippen LogP contribution in [0.15, 0.2) is 18.3 Å². The first kappa shape index (κ1) is 12.8. The van der Waals surface area contributed by atoms with Crippen LogP contribution in [-0.2, 0) is 4.74 Å². The number of nitrogens with zero attached hydrogens (tertiary/aromatic N) is 3. The van der Waals surface area contributed by atoms with E-state index in [0.29, 0.717) is 5.56 Å². The number of likely N-dealkylation sites (N-methyl/N-ethyl adjacent to an activating group) is 1. The fourth-order valence-corrected chi connectivity index (χ4v) is 2.18. The maximum Gasteiger partial charge on any atom is 0.341 e. The van der Waals surface area contributed by atoms with Crippen LogP contribution >= 0.6 is 0 Å². The lowest BCUT2D eigenvalue weighted by Gasteiger charge is -2.23. The Kier molecular flexibility index (Phi) is 4.15. The molecule has 1 aliphatic rings. The monoisotopic (exact) mass is 249 g/mol. The molecule has 18 heavy (non-hydrogen) atoms. The molecule has 0 aliphatic carbocycles. The van der Waals surface area contributed by atoms with Crippen molar-refractivity contribution in [2.24, 2.45) is 0 Å². The van der Waals surface area contributed by atoms with E-state index < -0.39 is 0 Å². The third-order valence-corrected chi connectivity index (χ3v) is 3.21. The van der Waals surface area contributed by atoms with Gasteiger partial charge in [-0.2, -0.15) is 0 Å². The second kappa shape index (κ2) is 5.82. The molecule has 2 heterocycles. The molecule has 0 unspecified atom stereocenters. The zero-order valence-electron chi connectivity index (χ0n) is 10.9. The second-order valence-corrected chi connectivity index (χ2v) is 4.51. The van der Waals surface area contributed by atoms with Crippen molar-refractivity contribution in [3.63, 3.8) is 0 Å². The Hall–Kier alpha value is -1.62. The number of aromatic nitrogens is 1. The summed E-state index contributed by atoms with van der Waals surface area (Å²) in [5.41, 5.74) is 0.546. The van der Waals surface area contributed by atoms with Crippen molar-refractivity contribution in [2.45, 2.75) is 6.42 Å². The summed E-state index contributed by atoms with van der Waals surface area (Å²) in [6.07, 6.45) is 2.80. The molecule has 1 aliphatic heterocycles. The van der Waals surface area contributed by atoms with Crippen molar-refractivity contribution in [3.8, 4) is 0 Å². The summed E-state index contributed by atoms with van der Waals surface area (Å²) >= 11 is 0. The molecule has 98 valence electrons. The molecule has 0 bridgehead atoms. The Morgan fingerprint density at radius 3 is 2.94 bits per heavy atom. The SMILES string of the molecule is COC(=O)c1cccnc1N1CCCN(C)CC1. The molecule has 1 aromatic heterocycles. The number of carbonyl (C=O) groups is 1. The van der Waals surface area contributed by atoms with E-state index in [1.165, 1.54) is 7.11 Å². The molecule has 0 saturated carbocycles. The molecule has 2 rings (SSSR count). The summed E-state index contributed by atoms with van der Waals surface area (Å²) in [5.74, 6) is 0.412. The van der Waals surface area contributed by atoms with Crippen LogP contribution in [0.5, 0.6) is 0 Å². The largest absolute Gasteiger partial charge is 0.465 e. The van der Waals surface area contributed by atoms with E-state index in [9.17, 15) is 4.79 Å². The van der Waals surface area contributed by atoms with E-state index in [-0.39, 0.29) is 5.97 Å². The number of ether oxygens (including phenoxy) is 1. The Balaban J connectivity index is 2.24. The van der Waals surface area contributed by atoms with Crippen LogP contribution in [0.2, 0.25) is 0 Å². The van der Waals surface area contributed by atoms with Gasteiger partial charge in [-0.05, 0) is 32.1 Å². The van der Waals surface area contributed by atoms with Crippen LogP contribution in [0.4, 0.5) is 5.82 Å². The highest BCUT2D eigenvalue weighted by atomic mass is 16.5. The van der Waals surface area contributed by atoms with E-state index in [1.54, 1.807) is 18.3 Å². The lowest BCUT2D eigenvalue weighted by Crippen LogP contribution is -2.30. The summed E-state index contributed by atoms with van der Waals surface area (Å²) in [5, 5.41) is 0. The number of hydrogen-bond acceptors (Lipinski definition) is 5. The number of esters is 1. The van der Waals surface area contributed by atoms with Gasteiger partial charge in [0, 0.05) is 25.8 Å². The molecular weight excluding hydrogens is 230 g/mol. The van der Waals surface area contributed by atoms with Crippen LogP contribution in [-0.4, -0.2) is 56.2 Å². The second-order valence-electron chi connectivity index (χ2n) is 4.51. The van der Waals surface area contributed by atoms with Crippen molar-refractivity contribution in [1.29, 1.82) is 0 Å². The zero-order chi connectivity index (χ0) is 13.0. The van der Waals surface area contributed by atoms with Gasteiger partial charge in [0.05, 0.1) is 7.11 Å². The smallest absolute Gasteiger partial charge is 0.341 e. The van der Waals surface area contributed by atoms with Gasteiger partial charge >= 0.3 is 5.97 Å². The van der Waals surface area contributed by atoms with Crippen LogP contribution in [0, 0.1) is 0 Å². The summed E-state index contributed by atoms with van der Waals surface area (Å²) in [6.45, 7) is 3.87. The Bertz CT molecular complexity index is 422. The van der Waals surface area contributed by atoms with Crippen molar-refractivity contribution < 1.29 is 9.53 Å². The van der Waals surface area contributed by atoms with E-state index >= 15 is 0 Å². The van der Waals surface area contributed by atoms with Gasteiger partial charge in [0.1, 0.15) is 11.4 Å². The fraction of sp³-hybridized carbons (Fsp3) is 0.538. The quantitative estimate of drug-likeness (QED) is 0.732. The molecule has 5 nitrogen and oxygen atoms in total. The Morgan fingerprint density at radius 1 is 1.33 bits per heavy atom. The molecule has 0 radical (unpaired) electrons. The molecule has 0 N–H and O–H groups in total. The van der Waals surface area contributed by atoms with Crippen molar-refractivity contribution in [1.82, 2.24) is 9.88 Å². The maximum absolute atomic E-state index is 11.7. The van der Waals surface area contributed by atoms with E-state index in [2.05, 4.69) is 21.8 Å². The minimum Gasteiger partial charge on any atom is -0.465 e.